The molecule has 1 aliphatic rings. The predicted molar refractivity (Wildman–Crippen MR) is 107 cm³/mol. The van der Waals surface area contributed by atoms with E-state index >= 15 is 0 Å². The first-order valence-electron chi connectivity index (χ1n) is 9.47. The van der Waals surface area contributed by atoms with E-state index in [1.807, 2.05) is 48.2 Å². The molecule has 0 saturated carbocycles. The molecular weight excluding hydrogens is 374 g/mol. The average molecular weight is 398 g/mol. The number of hydrogen-bond acceptors (Lipinski definition) is 6. The van der Waals surface area contributed by atoms with Crippen molar-refractivity contribution in [1.82, 2.24) is 15.1 Å². The first-order valence-corrected chi connectivity index (χ1v) is 10.3. The van der Waals surface area contributed by atoms with E-state index < -0.39 is 0 Å². The van der Waals surface area contributed by atoms with Crippen LogP contribution < -0.4 is 4.74 Å². The number of amides is 1. The minimum Gasteiger partial charge on any atom is -0.496 e. The molecule has 146 valence electrons. The Bertz CT molecular complexity index is 965. The van der Waals surface area contributed by atoms with E-state index in [9.17, 15) is 4.79 Å². The van der Waals surface area contributed by atoms with E-state index in [-0.39, 0.29) is 11.9 Å². The maximum atomic E-state index is 12.9. The lowest BCUT2D eigenvalue weighted by Gasteiger charge is -2.26. The Morgan fingerprint density at radius 3 is 2.93 bits per heavy atom. The van der Waals surface area contributed by atoms with E-state index in [1.165, 1.54) is 4.88 Å². The predicted octanol–water partition coefficient (Wildman–Crippen LogP) is 4.41. The smallest absolute Gasteiger partial charge is 0.257 e. The average Bonchev–Trinajstić information content (AvgIpc) is 3.46. The van der Waals surface area contributed by atoms with Crippen molar-refractivity contribution in [3.63, 3.8) is 0 Å². The zero-order valence-corrected chi connectivity index (χ0v) is 16.9. The van der Waals surface area contributed by atoms with E-state index in [4.69, 9.17) is 9.15 Å². The number of hydrogen-bond donors (Lipinski definition) is 0. The number of methoxy groups -OCH3 is 1. The van der Waals surface area contributed by atoms with Crippen LogP contribution in [0.5, 0.6) is 5.75 Å². The van der Waals surface area contributed by atoms with Crippen molar-refractivity contribution in [1.29, 1.82) is 0 Å². The lowest BCUT2D eigenvalue weighted by atomic mass is 10.0. The van der Waals surface area contributed by atoms with Gasteiger partial charge in [-0.2, -0.15) is 0 Å². The number of aromatic nitrogens is 2. The molecule has 3 aromatic rings. The molecule has 1 atom stereocenters. The lowest BCUT2D eigenvalue weighted by molar-refractivity contribution is -0.132. The van der Waals surface area contributed by atoms with Crippen LogP contribution in [0.1, 0.15) is 41.6 Å². The van der Waals surface area contributed by atoms with Crippen molar-refractivity contribution in [2.75, 3.05) is 13.7 Å². The Morgan fingerprint density at radius 2 is 2.14 bits per heavy atom. The van der Waals surface area contributed by atoms with Crippen LogP contribution in [0.15, 0.2) is 40.8 Å². The van der Waals surface area contributed by atoms with Gasteiger partial charge in [0.1, 0.15) is 5.75 Å². The highest BCUT2D eigenvalue weighted by molar-refractivity contribution is 7.15. The number of carbonyl (C=O) groups excluding carboxylic acids is 1. The Labute approximate surface area is 168 Å². The summed E-state index contributed by atoms with van der Waals surface area (Å²) in [5, 5.41) is 8.22. The fourth-order valence-electron chi connectivity index (χ4n) is 3.69. The van der Waals surface area contributed by atoms with Crippen LogP contribution >= 0.6 is 11.3 Å². The highest BCUT2D eigenvalue weighted by atomic mass is 32.1. The minimum absolute atomic E-state index is 0.0657. The molecule has 6 nitrogen and oxygen atoms in total. The molecule has 0 spiro atoms. The Morgan fingerprint density at radius 1 is 1.29 bits per heavy atom. The Hall–Kier alpha value is -2.67. The molecule has 3 heterocycles. The molecule has 0 radical (unpaired) electrons. The zero-order chi connectivity index (χ0) is 19.5. The van der Waals surface area contributed by atoms with E-state index in [0.29, 0.717) is 24.6 Å². The van der Waals surface area contributed by atoms with Gasteiger partial charge in [0.25, 0.3) is 5.89 Å². The molecule has 1 aliphatic heterocycles. The number of likely N-dealkylation sites (tertiary alicyclic amines) is 1. The molecule has 1 amide bonds. The van der Waals surface area contributed by atoms with Crippen LogP contribution in [-0.4, -0.2) is 34.7 Å². The normalized spacial score (nSPS) is 16.5. The van der Waals surface area contributed by atoms with Gasteiger partial charge in [-0.25, -0.2) is 0 Å². The van der Waals surface area contributed by atoms with Gasteiger partial charge in [0, 0.05) is 29.8 Å². The minimum atomic E-state index is 0.0657. The van der Waals surface area contributed by atoms with Crippen LogP contribution in [-0.2, 0) is 11.2 Å². The molecule has 0 bridgehead atoms. The number of carbonyl (C=O) groups is 1. The maximum absolute atomic E-state index is 12.9. The van der Waals surface area contributed by atoms with Crippen LogP contribution in [0.3, 0.4) is 0 Å². The first-order chi connectivity index (χ1) is 13.7. The van der Waals surface area contributed by atoms with E-state index in [2.05, 4.69) is 10.2 Å². The molecule has 4 rings (SSSR count). The van der Waals surface area contributed by atoms with Crippen LogP contribution in [0, 0.1) is 6.92 Å². The van der Waals surface area contributed by atoms with Crippen molar-refractivity contribution < 1.29 is 13.9 Å². The highest BCUT2D eigenvalue weighted by Gasteiger charge is 2.31. The molecule has 1 aromatic carbocycles. The second-order valence-electron chi connectivity index (χ2n) is 6.90. The standard InChI is InChI=1S/C21H23N3O3S/c1-14-9-10-18(28-14)21-23-22-19(27-21)11-12-20(25)24-13-5-7-16(24)15-6-3-4-8-17(15)26-2/h3-4,6,8-10,16H,5,7,11-13H2,1-2H3. The number of rotatable bonds is 6. The number of ether oxygens (including phenoxy) is 1. The second-order valence-corrected chi connectivity index (χ2v) is 8.19. The van der Waals surface area contributed by atoms with Gasteiger partial charge in [-0.05, 0) is 38.0 Å². The fraction of sp³-hybridized carbons (Fsp3) is 0.381. The highest BCUT2D eigenvalue weighted by Crippen LogP contribution is 2.37. The third-order valence-corrected chi connectivity index (χ3v) is 6.03. The first kappa shape index (κ1) is 18.7. The molecule has 1 unspecified atom stereocenters. The van der Waals surface area contributed by atoms with Crippen LogP contribution in [0.2, 0.25) is 0 Å². The van der Waals surface area contributed by atoms with Gasteiger partial charge in [-0.15, -0.1) is 21.5 Å². The lowest BCUT2D eigenvalue weighted by Crippen LogP contribution is -2.30. The topological polar surface area (TPSA) is 68.5 Å². The number of thiophene rings is 1. The number of nitrogens with zero attached hydrogens (tertiary/aromatic N) is 3. The number of benzene rings is 1. The fourth-order valence-corrected chi connectivity index (χ4v) is 4.48. The van der Waals surface area contributed by atoms with E-state index in [0.717, 1.165) is 35.6 Å². The molecule has 0 aliphatic carbocycles. The van der Waals surface area contributed by atoms with Gasteiger partial charge in [-0.3, -0.25) is 4.79 Å². The summed E-state index contributed by atoms with van der Waals surface area (Å²) >= 11 is 1.62. The van der Waals surface area contributed by atoms with Gasteiger partial charge in [0.05, 0.1) is 18.0 Å². The van der Waals surface area contributed by atoms with Crippen molar-refractivity contribution in [3.8, 4) is 16.5 Å². The summed E-state index contributed by atoms with van der Waals surface area (Å²) in [5.74, 6) is 1.97. The third kappa shape index (κ3) is 3.80. The molecular formula is C21H23N3O3S. The van der Waals surface area contributed by atoms with Gasteiger partial charge in [0.15, 0.2) is 0 Å². The molecule has 7 heteroatoms. The monoisotopic (exact) mass is 397 g/mol. The zero-order valence-electron chi connectivity index (χ0n) is 16.1. The van der Waals surface area contributed by atoms with Gasteiger partial charge < -0.3 is 14.1 Å². The maximum Gasteiger partial charge on any atom is 0.257 e. The summed E-state index contributed by atoms with van der Waals surface area (Å²) in [5.41, 5.74) is 1.07. The summed E-state index contributed by atoms with van der Waals surface area (Å²) in [7, 11) is 1.67. The Kier molecular flexibility index (Phi) is 5.43. The summed E-state index contributed by atoms with van der Waals surface area (Å²) < 4.78 is 11.2. The van der Waals surface area contributed by atoms with E-state index in [1.54, 1.807) is 18.4 Å². The quantitative estimate of drug-likeness (QED) is 0.616. The molecule has 28 heavy (non-hydrogen) atoms. The molecule has 1 saturated heterocycles. The Balaban J connectivity index is 1.41. The molecule has 2 aromatic heterocycles. The van der Waals surface area contributed by atoms with Crippen molar-refractivity contribution >= 4 is 17.2 Å². The van der Waals surface area contributed by atoms with Crippen molar-refractivity contribution in [3.05, 3.63) is 52.7 Å². The second kappa shape index (κ2) is 8.14. The summed E-state index contributed by atoms with van der Waals surface area (Å²) in [6, 6.07) is 12.0. The summed E-state index contributed by atoms with van der Waals surface area (Å²) in [6.07, 6.45) is 2.76. The third-order valence-electron chi connectivity index (χ3n) is 5.04. The van der Waals surface area contributed by atoms with Gasteiger partial charge in [-0.1, -0.05) is 18.2 Å². The van der Waals surface area contributed by atoms with Crippen molar-refractivity contribution in [2.45, 2.75) is 38.6 Å². The van der Waals surface area contributed by atoms with Crippen LogP contribution in [0.4, 0.5) is 0 Å². The van der Waals surface area contributed by atoms with Crippen LogP contribution in [0.25, 0.3) is 10.8 Å². The SMILES string of the molecule is COc1ccccc1C1CCCN1C(=O)CCc1nnc(-c2ccc(C)s2)o1. The van der Waals surface area contributed by atoms with Gasteiger partial charge >= 0.3 is 0 Å². The molecule has 1 fully saturated rings. The summed E-state index contributed by atoms with van der Waals surface area (Å²) in [4.78, 5) is 17.0. The summed E-state index contributed by atoms with van der Waals surface area (Å²) in [6.45, 7) is 2.81. The molecule has 0 N–H and O–H groups in total. The van der Waals surface area contributed by atoms with Gasteiger partial charge in [0.2, 0.25) is 11.8 Å². The largest absolute Gasteiger partial charge is 0.496 e. The number of para-hydroxylation sites is 1. The number of aryl methyl sites for hydroxylation is 2. The van der Waals surface area contributed by atoms with Crippen molar-refractivity contribution in [2.24, 2.45) is 0 Å².